The summed E-state index contributed by atoms with van der Waals surface area (Å²) in [5, 5.41) is 17.6. The highest BCUT2D eigenvalue weighted by molar-refractivity contribution is 7.89. The molecule has 55 heavy (non-hydrogen) atoms. The molecule has 6 rings (SSSR count). The van der Waals surface area contributed by atoms with Crippen LogP contribution in [0.15, 0.2) is 41.4 Å². The Morgan fingerprint density at radius 2 is 1.73 bits per heavy atom. The molecule has 0 unspecified atom stereocenters. The van der Waals surface area contributed by atoms with Crippen LogP contribution < -0.4 is 9.47 Å². The Labute approximate surface area is 318 Å². The largest absolute Gasteiger partial charge is 0.481 e. The lowest BCUT2D eigenvalue weighted by Gasteiger charge is -2.33. The minimum Gasteiger partial charge on any atom is -0.481 e. The van der Waals surface area contributed by atoms with Gasteiger partial charge in [0.2, 0.25) is 27.6 Å². The number of carboxylic acids is 1. The predicted molar refractivity (Wildman–Crippen MR) is 196 cm³/mol. The van der Waals surface area contributed by atoms with Gasteiger partial charge in [0.25, 0.3) is 0 Å². The zero-order valence-corrected chi connectivity index (χ0v) is 32.5. The smallest absolute Gasteiger partial charge is 0.452 e. The van der Waals surface area contributed by atoms with Gasteiger partial charge in [-0.15, -0.1) is 10.2 Å². The van der Waals surface area contributed by atoms with Crippen molar-refractivity contribution >= 4 is 21.6 Å². The van der Waals surface area contributed by atoms with E-state index in [2.05, 4.69) is 20.1 Å². The lowest BCUT2D eigenvalue weighted by atomic mass is 9.70. The molecular formula is C38H47F3N6O7S. The second-order valence-electron chi connectivity index (χ2n) is 14.7. The summed E-state index contributed by atoms with van der Waals surface area (Å²) in [7, 11) is -4.23. The maximum Gasteiger partial charge on any atom is 0.452 e. The standard InChI is InChI=1S/C38H47F3N6O7S/c1-24-9-10-27(31(37(4,5)36(48)49)29-11-15-47-32(26(29)3)43-44-35(47)38(39,40)41)22-28(24)23-46-14-8-17-52-19-20-54-34-30(55(46,50)51)21-25(2)33(42-34)53-18-16-45-12-6-7-13-45/h9-11,15,21-22,31H,6-8,12-14,16-20,23H2,1-5H3,(H,48,49)/t31-/m0/s1. The van der Waals surface area contributed by atoms with Gasteiger partial charge >= 0.3 is 12.1 Å². The van der Waals surface area contributed by atoms with Gasteiger partial charge in [0.1, 0.15) is 18.1 Å². The van der Waals surface area contributed by atoms with E-state index in [1.165, 1.54) is 22.6 Å². The third-order valence-corrected chi connectivity index (χ3v) is 12.3. The van der Waals surface area contributed by atoms with E-state index in [1.807, 2.05) is 6.92 Å². The third kappa shape index (κ3) is 8.44. The summed E-state index contributed by atoms with van der Waals surface area (Å²) in [6.45, 7) is 12.0. The molecule has 1 fully saturated rings. The number of aliphatic carboxylic acids is 1. The van der Waals surface area contributed by atoms with Crippen molar-refractivity contribution < 1.29 is 45.7 Å². The Kier molecular flexibility index (Phi) is 11.8. The van der Waals surface area contributed by atoms with Crippen molar-refractivity contribution in [2.75, 3.05) is 52.6 Å². The van der Waals surface area contributed by atoms with Crippen LogP contribution >= 0.6 is 0 Å². The van der Waals surface area contributed by atoms with Gasteiger partial charge in [-0.2, -0.15) is 22.5 Å². The van der Waals surface area contributed by atoms with Gasteiger partial charge in [0, 0.05) is 43.9 Å². The highest BCUT2D eigenvalue weighted by atomic mass is 32.2. The molecule has 1 atom stereocenters. The lowest BCUT2D eigenvalue weighted by Crippen LogP contribution is -2.34. The topological polar surface area (TPSA) is 149 Å². The highest BCUT2D eigenvalue weighted by Gasteiger charge is 2.42. The van der Waals surface area contributed by atoms with Gasteiger partial charge in [-0.05, 0) is 107 Å². The number of aromatic nitrogens is 4. The first kappa shape index (κ1) is 40.3. The molecule has 4 aromatic rings. The van der Waals surface area contributed by atoms with Gasteiger partial charge < -0.3 is 19.3 Å². The molecule has 0 aliphatic carbocycles. The van der Waals surface area contributed by atoms with Crippen LogP contribution in [0.4, 0.5) is 13.2 Å². The number of fused-ring (bicyclic) bond motifs is 2. The summed E-state index contributed by atoms with van der Waals surface area (Å²) in [5.74, 6) is -2.99. The van der Waals surface area contributed by atoms with E-state index in [0.29, 0.717) is 46.7 Å². The van der Waals surface area contributed by atoms with Gasteiger partial charge in [0.15, 0.2) is 5.65 Å². The molecule has 0 spiro atoms. The van der Waals surface area contributed by atoms with E-state index in [9.17, 15) is 31.5 Å². The number of halogens is 3. The second kappa shape index (κ2) is 16.0. The van der Waals surface area contributed by atoms with Crippen LogP contribution in [0, 0.1) is 26.2 Å². The number of carboxylic acid groups (broad SMARTS) is 1. The number of benzene rings is 1. The zero-order valence-electron chi connectivity index (χ0n) is 31.6. The van der Waals surface area contributed by atoms with Crippen molar-refractivity contribution in [2.24, 2.45) is 5.41 Å². The normalized spacial score (nSPS) is 18.0. The molecule has 1 N–H and O–H groups in total. The number of hydrogen-bond acceptors (Lipinski definition) is 10. The van der Waals surface area contributed by atoms with Gasteiger partial charge in [-0.1, -0.05) is 18.2 Å². The van der Waals surface area contributed by atoms with E-state index in [0.717, 1.165) is 42.4 Å². The SMILES string of the molecule is Cc1ccc([C@@H](c2ccn3c(C(F)(F)F)nnc3c2C)C(C)(C)C(=O)O)cc1CN1CCCOCCOc2nc(OCCN3CCCC3)c(C)cc2S1(=O)=O. The third-order valence-electron chi connectivity index (χ3n) is 10.5. The Morgan fingerprint density at radius 3 is 2.44 bits per heavy atom. The number of alkyl halides is 3. The number of rotatable bonds is 10. The van der Waals surface area contributed by atoms with E-state index in [1.54, 1.807) is 45.9 Å². The first-order chi connectivity index (χ1) is 26.0. The highest BCUT2D eigenvalue weighted by Crippen LogP contribution is 2.44. The fraction of sp³-hybridized carbons (Fsp3) is 0.526. The zero-order chi connectivity index (χ0) is 39.7. The molecule has 2 aliphatic rings. The molecule has 2 aliphatic heterocycles. The molecule has 0 radical (unpaired) electrons. The number of nitrogens with zero attached hydrogens (tertiary/aromatic N) is 6. The van der Waals surface area contributed by atoms with Crippen molar-refractivity contribution in [1.29, 1.82) is 0 Å². The quantitative estimate of drug-likeness (QED) is 0.209. The average molecular weight is 789 g/mol. The molecule has 298 valence electrons. The van der Waals surface area contributed by atoms with E-state index >= 15 is 0 Å². The maximum atomic E-state index is 14.6. The van der Waals surface area contributed by atoms with Crippen LogP contribution in [0.3, 0.4) is 0 Å². The molecular weight excluding hydrogens is 742 g/mol. The number of aryl methyl sites for hydroxylation is 3. The van der Waals surface area contributed by atoms with Crippen LogP contribution in [0.1, 0.15) is 78.2 Å². The Bertz CT molecular complexity index is 2150. The van der Waals surface area contributed by atoms with Crippen molar-refractivity contribution in [3.8, 4) is 11.8 Å². The summed E-state index contributed by atoms with van der Waals surface area (Å²) < 4.78 is 90.1. The fourth-order valence-corrected chi connectivity index (χ4v) is 8.88. The summed E-state index contributed by atoms with van der Waals surface area (Å²) in [4.78, 5) is 19.6. The molecule has 3 aromatic heterocycles. The first-order valence-electron chi connectivity index (χ1n) is 18.3. The van der Waals surface area contributed by atoms with Gasteiger partial charge in [-0.25, -0.2) is 8.42 Å². The van der Waals surface area contributed by atoms with Crippen LogP contribution in [0.5, 0.6) is 11.8 Å². The molecule has 1 aromatic carbocycles. The first-order valence-corrected chi connectivity index (χ1v) is 19.8. The number of pyridine rings is 2. The van der Waals surface area contributed by atoms with E-state index in [4.69, 9.17) is 14.2 Å². The van der Waals surface area contributed by atoms with Crippen molar-refractivity contribution in [3.05, 3.63) is 75.7 Å². The monoisotopic (exact) mass is 788 g/mol. The van der Waals surface area contributed by atoms with Gasteiger partial charge in [-0.3, -0.25) is 14.1 Å². The van der Waals surface area contributed by atoms with E-state index < -0.39 is 39.3 Å². The Balaban J connectivity index is 1.37. The molecule has 5 heterocycles. The molecule has 0 bridgehead atoms. The summed E-state index contributed by atoms with van der Waals surface area (Å²) in [6.07, 6.45) is -0.855. The second-order valence-corrected chi connectivity index (χ2v) is 16.6. The minimum absolute atomic E-state index is 0.0508. The minimum atomic E-state index is -4.75. The summed E-state index contributed by atoms with van der Waals surface area (Å²) >= 11 is 0. The molecule has 0 amide bonds. The Hall–Kier alpha value is -4.32. The number of hydrogen-bond donors (Lipinski definition) is 1. The molecule has 17 heteroatoms. The fourth-order valence-electron chi connectivity index (χ4n) is 7.28. The van der Waals surface area contributed by atoms with Crippen LogP contribution in [-0.2, 0) is 32.3 Å². The van der Waals surface area contributed by atoms with Crippen LogP contribution in [-0.4, -0.2) is 101 Å². The number of likely N-dealkylation sites (tertiary alicyclic amines) is 1. The number of ether oxygens (including phenoxy) is 3. The number of sulfonamides is 1. The van der Waals surface area contributed by atoms with Crippen molar-refractivity contribution in [2.45, 2.75) is 77.4 Å². The summed E-state index contributed by atoms with van der Waals surface area (Å²) in [5.41, 5.74) is 1.70. The summed E-state index contributed by atoms with van der Waals surface area (Å²) in [6, 6.07) is 8.31. The molecule has 1 saturated heterocycles. The average Bonchev–Trinajstić information content (AvgIpc) is 3.81. The van der Waals surface area contributed by atoms with Crippen molar-refractivity contribution in [1.82, 2.24) is 28.8 Å². The predicted octanol–water partition coefficient (Wildman–Crippen LogP) is 5.78. The van der Waals surface area contributed by atoms with Gasteiger partial charge in [0.05, 0.1) is 12.0 Å². The van der Waals surface area contributed by atoms with Crippen LogP contribution in [0.2, 0.25) is 0 Å². The Morgan fingerprint density at radius 1 is 0.982 bits per heavy atom. The molecule has 13 nitrogen and oxygen atoms in total. The van der Waals surface area contributed by atoms with Crippen LogP contribution in [0.25, 0.3) is 5.65 Å². The maximum absolute atomic E-state index is 14.6. The number of carbonyl (C=O) groups is 1. The van der Waals surface area contributed by atoms with E-state index in [-0.39, 0.29) is 49.3 Å². The molecule has 0 saturated carbocycles. The van der Waals surface area contributed by atoms with Crippen molar-refractivity contribution in [3.63, 3.8) is 0 Å². The lowest BCUT2D eigenvalue weighted by molar-refractivity contribution is -0.147.